The van der Waals surface area contributed by atoms with E-state index in [9.17, 15) is 13.2 Å². The van der Waals surface area contributed by atoms with Crippen molar-refractivity contribution in [3.63, 3.8) is 0 Å². The summed E-state index contributed by atoms with van der Waals surface area (Å²) < 4.78 is 35.8. The number of benzene rings is 2. The highest BCUT2D eigenvalue weighted by molar-refractivity contribution is 7.89. The summed E-state index contributed by atoms with van der Waals surface area (Å²) in [5, 5.41) is 2.68. The molecule has 134 valence electrons. The van der Waals surface area contributed by atoms with Crippen LogP contribution in [0.4, 0.5) is 5.69 Å². The number of rotatable bonds is 6. The van der Waals surface area contributed by atoms with Crippen LogP contribution in [0.3, 0.4) is 0 Å². The number of sulfonamides is 1. The maximum atomic E-state index is 12.5. The Morgan fingerprint density at radius 3 is 2.12 bits per heavy atom. The largest absolute Gasteiger partial charge is 0.497 e. The molecule has 0 atom stereocenters. The lowest BCUT2D eigenvalue weighted by atomic mass is 10.2. The van der Waals surface area contributed by atoms with Gasteiger partial charge >= 0.3 is 0 Å². The summed E-state index contributed by atoms with van der Waals surface area (Å²) in [7, 11) is 2.30. The molecule has 0 saturated carbocycles. The van der Waals surface area contributed by atoms with Gasteiger partial charge in [0.15, 0.2) is 0 Å². The number of nitrogens with one attached hydrogen (secondary N) is 1. The Morgan fingerprint density at radius 1 is 1.00 bits per heavy atom. The molecule has 0 aromatic heterocycles. The average Bonchev–Trinajstić information content (AvgIpc) is 2.61. The molecule has 2 aromatic rings. The fraction of sp³-hybridized carbons (Fsp3) is 0.235. The van der Waals surface area contributed by atoms with Gasteiger partial charge in [0.2, 0.25) is 10.0 Å². The Hall–Kier alpha value is -2.58. The van der Waals surface area contributed by atoms with E-state index in [-0.39, 0.29) is 4.90 Å². The lowest BCUT2D eigenvalue weighted by Crippen LogP contribution is -2.22. The van der Waals surface area contributed by atoms with Crippen molar-refractivity contribution in [3.8, 4) is 11.5 Å². The number of hydrogen-bond acceptors (Lipinski definition) is 5. The fourth-order valence-electron chi connectivity index (χ4n) is 2.09. The molecular formula is C17H20N2O5S. The molecule has 0 saturated heterocycles. The number of amides is 1. The van der Waals surface area contributed by atoms with Crippen molar-refractivity contribution < 1.29 is 22.7 Å². The molecule has 1 N–H and O–H groups in total. The Kier molecular flexibility index (Phi) is 5.66. The summed E-state index contributed by atoms with van der Waals surface area (Å²) in [6, 6.07) is 10.9. The highest BCUT2D eigenvalue weighted by Gasteiger charge is 2.18. The normalized spacial score (nSPS) is 11.2. The molecule has 0 radical (unpaired) electrons. The van der Waals surface area contributed by atoms with Gasteiger partial charge in [-0.2, -0.15) is 0 Å². The van der Waals surface area contributed by atoms with E-state index in [4.69, 9.17) is 9.47 Å². The third kappa shape index (κ3) is 4.28. The summed E-state index contributed by atoms with van der Waals surface area (Å²) in [5.74, 6) is 0.554. The van der Waals surface area contributed by atoms with E-state index < -0.39 is 15.9 Å². The molecule has 2 rings (SSSR count). The molecule has 7 nitrogen and oxygen atoms in total. The second-order valence-electron chi connectivity index (χ2n) is 5.37. The standard InChI is InChI=1S/C17H20N2O5S/c1-19(2)25(21,22)16-7-5-6-13(10-16)18-17(20)12-8-14(23-3)11-15(9-12)24-4/h5-11H,1-4H3,(H,18,20). The molecule has 0 unspecified atom stereocenters. The summed E-state index contributed by atoms with van der Waals surface area (Å²) in [6.07, 6.45) is 0. The van der Waals surface area contributed by atoms with Crippen LogP contribution in [-0.2, 0) is 10.0 Å². The molecule has 0 aliphatic heterocycles. The first-order valence-corrected chi connectivity index (χ1v) is 8.79. The van der Waals surface area contributed by atoms with E-state index in [1.807, 2.05) is 0 Å². The highest BCUT2D eigenvalue weighted by atomic mass is 32.2. The van der Waals surface area contributed by atoms with Crippen LogP contribution in [0.15, 0.2) is 47.4 Å². The Balaban J connectivity index is 2.30. The van der Waals surface area contributed by atoms with E-state index >= 15 is 0 Å². The first-order chi connectivity index (χ1) is 11.8. The van der Waals surface area contributed by atoms with Gasteiger partial charge in [-0.05, 0) is 30.3 Å². The zero-order valence-corrected chi connectivity index (χ0v) is 15.3. The number of carbonyl (C=O) groups is 1. The van der Waals surface area contributed by atoms with Gasteiger partial charge in [0.25, 0.3) is 5.91 Å². The predicted octanol–water partition coefficient (Wildman–Crippen LogP) is 2.21. The van der Waals surface area contributed by atoms with Crippen molar-refractivity contribution in [2.45, 2.75) is 4.90 Å². The summed E-state index contributed by atoms with van der Waals surface area (Å²) in [6.45, 7) is 0. The SMILES string of the molecule is COc1cc(OC)cc(C(=O)Nc2cccc(S(=O)(=O)N(C)C)c2)c1. The molecule has 0 aliphatic carbocycles. The van der Waals surface area contributed by atoms with Crippen LogP contribution in [0.25, 0.3) is 0 Å². The summed E-state index contributed by atoms with van der Waals surface area (Å²) in [5.41, 5.74) is 0.701. The maximum absolute atomic E-state index is 12.5. The third-order valence-electron chi connectivity index (χ3n) is 3.48. The topological polar surface area (TPSA) is 84.9 Å². The van der Waals surface area contributed by atoms with Gasteiger partial charge in [-0.25, -0.2) is 12.7 Å². The van der Waals surface area contributed by atoms with E-state index in [2.05, 4.69) is 5.32 Å². The Morgan fingerprint density at radius 2 is 1.60 bits per heavy atom. The van der Waals surface area contributed by atoms with E-state index in [0.29, 0.717) is 22.7 Å². The van der Waals surface area contributed by atoms with Crippen LogP contribution in [0.2, 0.25) is 0 Å². The van der Waals surface area contributed by atoms with E-state index in [0.717, 1.165) is 4.31 Å². The lowest BCUT2D eigenvalue weighted by molar-refractivity contribution is 0.102. The maximum Gasteiger partial charge on any atom is 0.255 e. The first kappa shape index (κ1) is 18.8. The van der Waals surface area contributed by atoms with Gasteiger partial charge in [0, 0.05) is 31.4 Å². The zero-order valence-electron chi connectivity index (χ0n) is 14.4. The van der Waals surface area contributed by atoms with E-state index in [1.165, 1.54) is 40.4 Å². The minimum absolute atomic E-state index is 0.0959. The number of nitrogens with zero attached hydrogens (tertiary/aromatic N) is 1. The number of anilines is 1. The number of hydrogen-bond donors (Lipinski definition) is 1. The van der Waals surface area contributed by atoms with Crippen LogP contribution in [0, 0.1) is 0 Å². The molecule has 0 bridgehead atoms. The van der Waals surface area contributed by atoms with Crippen molar-refractivity contribution in [1.29, 1.82) is 0 Å². The van der Waals surface area contributed by atoms with Crippen LogP contribution < -0.4 is 14.8 Å². The van der Waals surface area contributed by atoms with Gasteiger partial charge in [-0.15, -0.1) is 0 Å². The Labute approximate surface area is 147 Å². The first-order valence-electron chi connectivity index (χ1n) is 7.35. The number of ether oxygens (including phenoxy) is 2. The molecule has 8 heteroatoms. The Bertz CT molecular complexity index is 856. The second kappa shape index (κ2) is 7.54. The van der Waals surface area contributed by atoms with Crippen LogP contribution in [-0.4, -0.2) is 46.9 Å². The summed E-state index contributed by atoms with van der Waals surface area (Å²) >= 11 is 0. The van der Waals surface area contributed by atoms with Gasteiger partial charge in [-0.3, -0.25) is 4.79 Å². The van der Waals surface area contributed by atoms with Crippen molar-refractivity contribution in [2.75, 3.05) is 33.6 Å². The van der Waals surface area contributed by atoms with Crippen molar-refractivity contribution in [1.82, 2.24) is 4.31 Å². The smallest absolute Gasteiger partial charge is 0.255 e. The third-order valence-corrected chi connectivity index (χ3v) is 5.30. The van der Waals surface area contributed by atoms with Gasteiger partial charge in [0.1, 0.15) is 11.5 Å². The van der Waals surface area contributed by atoms with Crippen molar-refractivity contribution in [2.24, 2.45) is 0 Å². The molecule has 0 spiro atoms. The molecule has 0 heterocycles. The zero-order chi connectivity index (χ0) is 18.6. The molecule has 1 amide bonds. The predicted molar refractivity (Wildman–Crippen MR) is 94.8 cm³/mol. The average molecular weight is 364 g/mol. The fourth-order valence-corrected chi connectivity index (χ4v) is 3.03. The molecule has 0 aliphatic rings. The molecule has 0 fully saturated rings. The summed E-state index contributed by atoms with van der Waals surface area (Å²) in [4.78, 5) is 12.6. The van der Waals surface area contributed by atoms with Gasteiger partial charge in [0.05, 0.1) is 19.1 Å². The molecular weight excluding hydrogens is 344 g/mol. The minimum atomic E-state index is -3.58. The van der Waals surface area contributed by atoms with Crippen molar-refractivity contribution in [3.05, 3.63) is 48.0 Å². The van der Waals surface area contributed by atoms with Crippen molar-refractivity contribution >= 4 is 21.6 Å². The molecule has 25 heavy (non-hydrogen) atoms. The van der Waals surface area contributed by atoms with Gasteiger partial charge < -0.3 is 14.8 Å². The molecule has 2 aromatic carbocycles. The van der Waals surface area contributed by atoms with Gasteiger partial charge in [-0.1, -0.05) is 6.07 Å². The van der Waals surface area contributed by atoms with Crippen LogP contribution >= 0.6 is 0 Å². The monoisotopic (exact) mass is 364 g/mol. The van der Waals surface area contributed by atoms with Crippen LogP contribution in [0.1, 0.15) is 10.4 Å². The number of methoxy groups -OCH3 is 2. The second-order valence-corrected chi connectivity index (χ2v) is 7.52. The van der Waals surface area contributed by atoms with Crippen LogP contribution in [0.5, 0.6) is 11.5 Å². The minimum Gasteiger partial charge on any atom is -0.497 e. The van der Waals surface area contributed by atoms with E-state index in [1.54, 1.807) is 30.3 Å². The quantitative estimate of drug-likeness (QED) is 0.849. The lowest BCUT2D eigenvalue weighted by Gasteiger charge is -2.13. The number of carbonyl (C=O) groups excluding carboxylic acids is 1. The highest BCUT2D eigenvalue weighted by Crippen LogP contribution is 2.24.